The normalized spacial score (nSPS) is 13.9. The molecule has 0 fully saturated rings. The third-order valence-corrected chi connectivity index (χ3v) is 6.12. The van der Waals surface area contributed by atoms with Crippen LogP contribution in [0, 0.1) is 6.08 Å². The molecule has 2 aromatic rings. The Kier molecular flexibility index (Phi) is 9.95. The van der Waals surface area contributed by atoms with E-state index < -0.39 is 0 Å². The van der Waals surface area contributed by atoms with Crippen LogP contribution >= 0.6 is 7.92 Å². The molecule has 0 N–H and O–H groups in total. The fraction of sp³-hybridized carbons (Fsp3) is 0.235. The van der Waals surface area contributed by atoms with Crippen LogP contribution in [0.15, 0.2) is 53.9 Å². The summed E-state index contributed by atoms with van der Waals surface area (Å²) in [6.45, 7) is 2.28. The molecule has 21 heavy (non-hydrogen) atoms. The van der Waals surface area contributed by atoms with Crippen molar-refractivity contribution in [3.05, 3.63) is 59.9 Å². The summed E-state index contributed by atoms with van der Waals surface area (Å²) >= 11 is 0. The van der Waals surface area contributed by atoms with Crippen LogP contribution in [0.3, 0.4) is 0 Å². The molecular weight excluding hydrogens is 354 g/mol. The third-order valence-electron chi connectivity index (χ3n) is 3.36. The number of hydrogen-bond donors (Lipinski definition) is 0. The molecule has 0 saturated carbocycles. The van der Waals surface area contributed by atoms with Gasteiger partial charge in [0.15, 0.2) is 0 Å². The van der Waals surface area contributed by atoms with Crippen molar-refractivity contribution in [2.75, 3.05) is 6.16 Å². The molecule has 2 aromatic carbocycles. The second kappa shape index (κ2) is 9.93. The molecular formula is C17H17Cl2PTi. The molecule has 0 spiro atoms. The Labute approximate surface area is 155 Å². The quantitative estimate of drug-likeness (QED) is 0.357. The first kappa shape index (κ1) is 21.0. The summed E-state index contributed by atoms with van der Waals surface area (Å²) < 4.78 is 0. The van der Waals surface area contributed by atoms with Crippen molar-refractivity contribution < 1.29 is 46.5 Å². The topological polar surface area (TPSA) is 0 Å². The monoisotopic (exact) mass is 370 g/mol. The van der Waals surface area contributed by atoms with Crippen molar-refractivity contribution in [1.29, 1.82) is 0 Å². The molecule has 4 heteroatoms. The summed E-state index contributed by atoms with van der Waals surface area (Å²) in [5.41, 5.74) is 0. The number of benzene rings is 1. The summed E-state index contributed by atoms with van der Waals surface area (Å²) in [6.07, 6.45) is 11.5. The van der Waals surface area contributed by atoms with Gasteiger partial charge in [-0.15, -0.1) is 54.7 Å². The van der Waals surface area contributed by atoms with Crippen molar-refractivity contribution >= 4 is 24.0 Å². The van der Waals surface area contributed by atoms with Crippen LogP contribution in [0.4, 0.5) is 0 Å². The Balaban J connectivity index is 0.00000133. The second-order valence-corrected chi connectivity index (χ2v) is 6.89. The van der Waals surface area contributed by atoms with Crippen LogP contribution in [0.5, 0.6) is 0 Å². The van der Waals surface area contributed by atoms with Gasteiger partial charge < -0.3 is 24.8 Å². The van der Waals surface area contributed by atoms with E-state index in [4.69, 9.17) is 0 Å². The van der Waals surface area contributed by atoms with Crippen molar-refractivity contribution in [2.24, 2.45) is 0 Å². The Morgan fingerprint density at radius 3 is 2.62 bits per heavy atom. The first-order chi connectivity index (χ1) is 8.90. The summed E-state index contributed by atoms with van der Waals surface area (Å²) in [6, 6.07) is 13.3. The number of hydrogen-bond acceptors (Lipinski definition) is 0. The van der Waals surface area contributed by atoms with E-state index in [1.165, 1.54) is 34.0 Å². The van der Waals surface area contributed by atoms with E-state index in [1.807, 2.05) is 0 Å². The van der Waals surface area contributed by atoms with Gasteiger partial charge in [-0.2, -0.15) is 12.1 Å². The van der Waals surface area contributed by atoms with Gasteiger partial charge >= 0.3 is 21.7 Å². The van der Waals surface area contributed by atoms with E-state index in [0.29, 0.717) is 0 Å². The molecule has 0 saturated heterocycles. The van der Waals surface area contributed by atoms with E-state index in [9.17, 15) is 0 Å². The van der Waals surface area contributed by atoms with E-state index in [2.05, 4.69) is 61.5 Å². The van der Waals surface area contributed by atoms with Gasteiger partial charge in [-0.1, -0.05) is 19.4 Å². The van der Waals surface area contributed by atoms with Crippen molar-refractivity contribution in [2.45, 2.75) is 19.8 Å². The largest absolute Gasteiger partial charge is 4.00 e. The van der Waals surface area contributed by atoms with Gasteiger partial charge in [0.05, 0.1) is 0 Å². The molecule has 1 aliphatic rings. The molecule has 1 aliphatic carbocycles. The molecule has 3 rings (SSSR count). The zero-order valence-corrected chi connectivity index (χ0v) is 15.9. The molecule has 0 nitrogen and oxygen atoms in total. The molecule has 1 unspecified atom stereocenters. The summed E-state index contributed by atoms with van der Waals surface area (Å²) in [5.74, 6) is 0. The smallest absolute Gasteiger partial charge is 1.00 e. The predicted molar refractivity (Wildman–Crippen MR) is 81.8 cm³/mol. The van der Waals surface area contributed by atoms with Gasteiger partial charge in [-0.05, 0) is 6.16 Å². The Morgan fingerprint density at radius 1 is 1.19 bits per heavy atom. The Morgan fingerprint density at radius 2 is 1.95 bits per heavy atom. The van der Waals surface area contributed by atoms with Crippen LogP contribution in [0.25, 0.3) is 10.8 Å². The molecule has 0 amide bonds. The predicted octanol–water partition coefficient (Wildman–Crippen LogP) is -1.27. The molecule has 0 heterocycles. The van der Waals surface area contributed by atoms with E-state index in [1.54, 1.807) is 0 Å². The first-order valence-corrected chi connectivity index (χ1v) is 8.12. The third kappa shape index (κ3) is 4.50. The van der Waals surface area contributed by atoms with E-state index >= 15 is 0 Å². The van der Waals surface area contributed by atoms with Crippen molar-refractivity contribution in [3.63, 3.8) is 0 Å². The zero-order chi connectivity index (χ0) is 12.4. The minimum atomic E-state index is -0.201. The number of halogens is 2. The molecule has 0 aliphatic heterocycles. The van der Waals surface area contributed by atoms with Crippen LogP contribution in [-0.4, -0.2) is 6.16 Å². The van der Waals surface area contributed by atoms with Crippen molar-refractivity contribution in [3.8, 4) is 0 Å². The van der Waals surface area contributed by atoms with Crippen LogP contribution in [-0.2, 0) is 21.7 Å². The number of fused-ring (bicyclic) bond motifs is 1. The molecule has 1 atom stereocenters. The number of rotatable bonds is 4. The maximum absolute atomic E-state index is 3.53. The Hall–Kier alpha value is 0.0343. The van der Waals surface area contributed by atoms with Crippen molar-refractivity contribution in [1.82, 2.24) is 0 Å². The fourth-order valence-electron chi connectivity index (χ4n) is 2.54. The molecule has 0 radical (unpaired) electrons. The van der Waals surface area contributed by atoms with Gasteiger partial charge in [0.2, 0.25) is 0 Å². The van der Waals surface area contributed by atoms with Gasteiger partial charge in [0.25, 0.3) is 0 Å². The average molecular weight is 371 g/mol. The maximum Gasteiger partial charge on any atom is 4.00 e. The second-order valence-electron chi connectivity index (χ2n) is 4.63. The van der Waals surface area contributed by atoms with Gasteiger partial charge in [0.1, 0.15) is 0 Å². The van der Waals surface area contributed by atoms with Crippen LogP contribution in [0.2, 0.25) is 0 Å². The summed E-state index contributed by atoms with van der Waals surface area (Å²) in [7, 11) is -0.201. The standard InChI is InChI=1S/C17H17P.2ClH.Ti/c1-2-13-18(15-8-4-5-9-15)17-12-11-14-7-3-6-10-16(14)17;;;/h3-4,6-8,10-12H,2,5,13H2,1H3;2*1H;/q-2;;;+4/p-2. The van der Waals surface area contributed by atoms with Gasteiger partial charge in [0, 0.05) is 0 Å². The Bertz CT molecular complexity index is 616. The SMILES string of the molecule is CCCP(C1=[C-]CC=C1)[c-]1ccc2ccccc21.[Cl-].[Cl-].[Ti+4]. The van der Waals surface area contributed by atoms with Gasteiger partial charge in [-0.25, -0.2) is 11.4 Å². The molecule has 0 aromatic heterocycles. The number of allylic oxidation sites excluding steroid dienone is 4. The maximum atomic E-state index is 3.53. The van der Waals surface area contributed by atoms with Crippen LogP contribution in [0.1, 0.15) is 19.8 Å². The molecule has 0 bridgehead atoms. The minimum Gasteiger partial charge on any atom is -1.00 e. The molecule has 108 valence electrons. The first-order valence-electron chi connectivity index (χ1n) is 6.59. The summed E-state index contributed by atoms with van der Waals surface area (Å²) in [5, 5.41) is 5.80. The minimum absolute atomic E-state index is 0. The van der Waals surface area contributed by atoms with Crippen LogP contribution < -0.4 is 30.1 Å². The zero-order valence-electron chi connectivity index (χ0n) is 11.9. The fourth-order valence-corrected chi connectivity index (χ4v) is 5.05. The summed E-state index contributed by atoms with van der Waals surface area (Å²) in [4.78, 5) is 0. The van der Waals surface area contributed by atoms with E-state index in [-0.39, 0.29) is 54.5 Å². The van der Waals surface area contributed by atoms with E-state index in [0.717, 1.165) is 6.42 Å². The van der Waals surface area contributed by atoms with Gasteiger partial charge in [-0.3, -0.25) is 6.08 Å². The average Bonchev–Trinajstić information content (AvgIpc) is 3.06.